The summed E-state index contributed by atoms with van der Waals surface area (Å²) in [7, 11) is 2.94. The Bertz CT molecular complexity index is 1260. The number of fused-ring (bicyclic) bond motifs is 1. The number of carbonyl (C=O) groups is 1. The van der Waals surface area contributed by atoms with Crippen molar-refractivity contribution in [3.05, 3.63) is 88.9 Å². The maximum absolute atomic E-state index is 13.6. The molecule has 3 aromatic carbocycles. The standard InChI is InChI=1S/C27H25FN2O4/c1-33-23-13-17(14-24(34-2)27(23)32)26-25-21(29-19-5-3-4-6-20(19)30-26)11-16(12-22(25)31)15-7-9-18(28)10-8-15/h3-10,13-14,16,26,29-30,32H,11-12H2,1-2H3. The summed E-state index contributed by atoms with van der Waals surface area (Å²) < 4.78 is 24.2. The van der Waals surface area contributed by atoms with Gasteiger partial charge in [0.15, 0.2) is 17.3 Å². The number of halogens is 1. The predicted octanol–water partition coefficient (Wildman–Crippen LogP) is 5.53. The smallest absolute Gasteiger partial charge is 0.200 e. The van der Waals surface area contributed by atoms with Crippen molar-refractivity contribution in [1.29, 1.82) is 0 Å². The van der Waals surface area contributed by atoms with E-state index in [1.54, 1.807) is 24.3 Å². The fourth-order valence-electron chi connectivity index (χ4n) is 4.79. The molecule has 1 heterocycles. The van der Waals surface area contributed by atoms with Crippen LogP contribution in [0.2, 0.25) is 0 Å². The molecule has 0 amide bonds. The van der Waals surface area contributed by atoms with Crippen molar-refractivity contribution in [2.75, 3.05) is 24.9 Å². The molecule has 5 rings (SSSR count). The molecule has 0 radical (unpaired) electrons. The highest BCUT2D eigenvalue weighted by molar-refractivity contribution is 6.01. The number of anilines is 2. The van der Waals surface area contributed by atoms with Crippen LogP contribution in [0, 0.1) is 5.82 Å². The van der Waals surface area contributed by atoms with Gasteiger partial charge in [-0.25, -0.2) is 4.39 Å². The van der Waals surface area contributed by atoms with Crippen LogP contribution in [-0.4, -0.2) is 25.1 Å². The Morgan fingerprint density at radius 3 is 2.21 bits per heavy atom. The van der Waals surface area contributed by atoms with Crippen molar-refractivity contribution in [2.24, 2.45) is 0 Å². The highest BCUT2D eigenvalue weighted by Gasteiger charge is 2.36. The number of rotatable bonds is 4. The summed E-state index contributed by atoms with van der Waals surface area (Å²) >= 11 is 0. The van der Waals surface area contributed by atoms with E-state index in [4.69, 9.17) is 9.47 Å². The predicted molar refractivity (Wildman–Crippen MR) is 128 cm³/mol. The highest BCUT2D eigenvalue weighted by Crippen LogP contribution is 2.47. The lowest BCUT2D eigenvalue weighted by Crippen LogP contribution is -2.27. The second kappa shape index (κ2) is 8.74. The average Bonchev–Trinajstić information content (AvgIpc) is 3.01. The minimum atomic E-state index is -0.490. The van der Waals surface area contributed by atoms with Gasteiger partial charge in [-0.1, -0.05) is 24.3 Å². The minimum Gasteiger partial charge on any atom is -0.502 e. The van der Waals surface area contributed by atoms with Crippen LogP contribution in [0.3, 0.4) is 0 Å². The van der Waals surface area contributed by atoms with Gasteiger partial charge < -0.3 is 25.2 Å². The minimum absolute atomic E-state index is 0.000565. The summed E-state index contributed by atoms with van der Waals surface area (Å²) in [6.07, 6.45) is 0.915. The summed E-state index contributed by atoms with van der Waals surface area (Å²) in [4.78, 5) is 13.6. The van der Waals surface area contributed by atoms with Crippen molar-refractivity contribution in [1.82, 2.24) is 0 Å². The SMILES string of the molecule is COc1cc(C2Nc3ccccc3NC3=C2C(=O)CC(c2ccc(F)cc2)C3)cc(OC)c1O. The second-order valence-corrected chi connectivity index (χ2v) is 8.49. The number of Topliss-reactive ketones (excluding diaryl/α,β-unsaturated/α-hetero) is 1. The Morgan fingerprint density at radius 2 is 1.56 bits per heavy atom. The van der Waals surface area contributed by atoms with E-state index in [1.807, 2.05) is 24.3 Å². The Kier molecular flexibility index (Phi) is 5.61. The summed E-state index contributed by atoms with van der Waals surface area (Å²) in [5.74, 6) is 0.0641. The fraction of sp³-hybridized carbons (Fsp3) is 0.222. The summed E-state index contributed by atoms with van der Waals surface area (Å²) in [5.41, 5.74) is 4.81. The molecule has 1 aliphatic carbocycles. The number of phenolic OH excluding ortho intramolecular Hbond substituents is 1. The first-order valence-corrected chi connectivity index (χ1v) is 11.1. The number of aromatic hydroxyl groups is 1. The van der Waals surface area contributed by atoms with E-state index in [0.717, 1.165) is 28.2 Å². The van der Waals surface area contributed by atoms with Crippen molar-refractivity contribution < 1.29 is 23.8 Å². The lowest BCUT2D eigenvalue weighted by Gasteiger charge is -2.30. The molecule has 34 heavy (non-hydrogen) atoms. The number of ether oxygens (including phenoxy) is 2. The van der Waals surface area contributed by atoms with Gasteiger partial charge in [0.1, 0.15) is 5.82 Å². The zero-order valence-electron chi connectivity index (χ0n) is 18.9. The summed E-state index contributed by atoms with van der Waals surface area (Å²) in [5, 5.41) is 17.4. The number of nitrogens with one attached hydrogen (secondary N) is 2. The molecule has 0 saturated heterocycles. The highest BCUT2D eigenvalue weighted by atomic mass is 19.1. The normalized spacial score (nSPS) is 19.3. The molecule has 0 aromatic heterocycles. The van der Waals surface area contributed by atoms with E-state index in [-0.39, 0.29) is 34.8 Å². The average molecular weight is 461 g/mol. The number of hydrogen-bond donors (Lipinski definition) is 3. The number of allylic oxidation sites excluding steroid dienone is 1. The van der Waals surface area contributed by atoms with Gasteiger partial charge in [0, 0.05) is 17.7 Å². The molecule has 174 valence electrons. The van der Waals surface area contributed by atoms with Crippen LogP contribution in [0.4, 0.5) is 15.8 Å². The Hall–Kier alpha value is -4.00. The molecule has 2 unspecified atom stereocenters. The number of benzene rings is 3. The van der Waals surface area contributed by atoms with Gasteiger partial charge in [0.25, 0.3) is 0 Å². The van der Waals surface area contributed by atoms with E-state index in [9.17, 15) is 14.3 Å². The Morgan fingerprint density at radius 1 is 0.912 bits per heavy atom. The molecule has 1 aliphatic heterocycles. The van der Waals surface area contributed by atoms with Gasteiger partial charge >= 0.3 is 0 Å². The molecular formula is C27H25FN2O4. The largest absolute Gasteiger partial charge is 0.502 e. The topological polar surface area (TPSA) is 79.8 Å². The van der Waals surface area contributed by atoms with Crippen molar-refractivity contribution in [3.8, 4) is 17.2 Å². The van der Waals surface area contributed by atoms with Crippen LogP contribution in [-0.2, 0) is 4.79 Å². The zero-order chi connectivity index (χ0) is 23.8. The fourth-order valence-corrected chi connectivity index (χ4v) is 4.79. The third-order valence-electron chi connectivity index (χ3n) is 6.49. The van der Waals surface area contributed by atoms with Crippen molar-refractivity contribution in [3.63, 3.8) is 0 Å². The van der Waals surface area contributed by atoms with E-state index in [0.29, 0.717) is 18.4 Å². The molecule has 3 aromatic rings. The second-order valence-electron chi connectivity index (χ2n) is 8.49. The third kappa shape index (κ3) is 3.83. The van der Waals surface area contributed by atoms with Gasteiger partial charge in [-0.05, 0) is 59.9 Å². The summed E-state index contributed by atoms with van der Waals surface area (Å²) in [6.45, 7) is 0. The quantitative estimate of drug-likeness (QED) is 0.475. The maximum atomic E-state index is 13.6. The lowest BCUT2D eigenvalue weighted by molar-refractivity contribution is -0.116. The molecule has 2 aliphatic rings. The molecule has 2 atom stereocenters. The van der Waals surface area contributed by atoms with Crippen LogP contribution in [0.5, 0.6) is 17.2 Å². The Balaban J connectivity index is 1.64. The van der Waals surface area contributed by atoms with Gasteiger partial charge in [-0.15, -0.1) is 0 Å². The molecule has 0 bridgehead atoms. The van der Waals surface area contributed by atoms with Gasteiger partial charge in [-0.2, -0.15) is 0 Å². The molecule has 0 fully saturated rings. The van der Waals surface area contributed by atoms with Crippen LogP contribution in [0.15, 0.2) is 71.9 Å². The number of methoxy groups -OCH3 is 2. The number of phenols is 1. The van der Waals surface area contributed by atoms with E-state index >= 15 is 0 Å². The number of carbonyl (C=O) groups excluding carboxylic acids is 1. The van der Waals surface area contributed by atoms with E-state index in [1.165, 1.54) is 26.4 Å². The first-order chi connectivity index (χ1) is 16.5. The Labute approximate surface area is 197 Å². The number of para-hydroxylation sites is 2. The van der Waals surface area contributed by atoms with Crippen molar-refractivity contribution >= 4 is 17.2 Å². The molecule has 7 heteroatoms. The number of hydrogen-bond acceptors (Lipinski definition) is 6. The van der Waals surface area contributed by atoms with Crippen LogP contribution < -0.4 is 20.1 Å². The van der Waals surface area contributed by atoms with Gasteiger partial charge in [-0.3, -0.25) is 4.79 Å². The monoisotopic (exact) mass is 460 g/mol. The third-order valence-corrected chi connectivity index (χ3v) is 6.49. The van der Waals surface area contributed by atoms with E-state index < -0.39 is 6.04 Å². The van der Waals surface area contributed by atoms with Crippen LogP contribution >= 0.6 is 0 Å². The zero-order valence-corrected chi connectivity index (χ0v) is 18.9. The van der Waals surface area contributed by atoms with Gasteiger partial charge in [0.2, 0.25) is 5.75 Å². The van der Waals surface area contributed by atoms with Crippen LogP contribution in [0.1, 0.15) is 35.9 Å². The first kappa shape index (κ1) is 21.8. The van der Waals surface area contributed by atoms with Crippen LogP contribution in [0.25, 0.3) is 0 Å². The molecule has 6 nitrogen and oxygen atoms in total. The number of ketones is 1. The molecule has 0 spiro atoms. The van der Waals surface area contributed by atoms with Gasteiger partial charge in [0.05, 0.1) is 31.6 Å². The summed E-state index contributed by atoms with van der Waals surface area (Å²) in [6, 6.07) is 17.1. The molecule has 3 N–H and O–H groups in total. The lowest BCUT2D eigenvalue weighted by atomic mass is 9.78. The maximum Gasteiger partial charge on any atom is 0.200 e. The van der Waals surface area contributed by atoms with E-state index in [2.05, 4.69) is 10.6 Å². The van der Waals surface area contributed by atoms with Crippen molar-refractivity contribution in [2.45, 2.75) is 24.8 Å². The molecule has 0 saturated carbocycles. The first-order valence-electron chi connectivity index (χ1n) is 11.1. The molecular weight excluding hydrogens is 435 g/mol.